The molecule has 0 spiro atoms. The smallest absolute Gasteiger partial charge is 0.407 e. The SMILES string of the molecule is CC1CN(C(=O)O)[C@@H](CC#N)CN1c1nc(Cl)nc2c1CCNC2. The van der Waals surface area contributed by atoms with Crippen molar-refractivity contribution in [2.75, 3.05) is 24.5 Å². The van der Waals surface area contributed by atoms with E-state index in [2.05, 4.69) is 26.3 Å². The molecule has 0 aliphatic carbocycles. The number of carbonyl (C=O) groups is 1. The van der Waals surface area contributed by atoms with Crippen molar-refractivity contribution in [2.45, 2.75) is 38.4 Å². The lowest BCUT2D eigenvalue weighted by Gasteiger charge is -2.44. The summed E-state index contributed by atoms with van der Waals surface area (Å²) >= 11 is 6.09. The molecule has 8 nitrogen and oxygen atoms in total. The van der Waals surface area contributed by atoms with Crippen molar-refractivity contribution < 1.29 is 9.90 Å². The van der Waals surface area contributed by atoms with E-state index in [1.54, 1.807) is 0 Å². The monoisotopic (exact) mass is 350 g/mol. The van der Waals surface area contributed by atoms with Crippen LogP contribution in [0, 0.1) is 11.3 Å². The number of hydrogen-bond donors (Lipinski definition) is 2. The fraction of sp³-hybridized carbons (Fsp3) is 0.600. The van der Waals surface area contributed by atoms with E-state index in [0.29, 0.717) is 19.6 Å². The van der Waals surface area contributed by atoms with E-state index in [1.807, 2.05) is 6.92 Å². The Morgan fingerprint density at radius 3 is 3.00 bits per heavy atom. The molecule has 9 heteroatoms. The van der Waals surface area contributed by atoms with Crippen LogP contribution in [0.1, 0.15) is 24.6 Å². The molecule has 1 fully saturated rings. The first-order valence-corrected chi connectivity index (χ1v) is 8.28. The highest BCUT2D eigenvalue weighted by atomic mass is 35.5. The number of amides is 1. The van der Waals surface area contributed by atoms with Gasteiger partial charge in [-0.1, -0.05) is 0 Å². The van der Waals surface area contributed by atoms with Crippen LogP contribution in [0.2, 0.25) is 5.28 Å². The predicted molar refractivity (Wildman–Crippen MR) is 88.0 cm³/mol. The molecule has 0 radical (unpaired) electrons. The minimum atomic E-state index is -0.992. The Bertz CT molecular complexity index is 691. The number of nitrogens with one attached hydrogen (secondary N) is 1. The summed E-state index contributed by atoms with van der Waals surface area (Å²) in [4.78, 5) is 23.6. The number of anilines is 1. The van der Waals surface area contributed by atoms with Crippen LogP contribution >= 0.6 is 11.6 Å². The molecular weight excluding hydrogens is 332 g/mol. The number of nitrogens with zero attached hydrogens (tertiary/aromatic N) is 5. The van der Waals surface area contributed by atoms with E-state index in [-0.39, 0.29) is 23.8 Å². The molecule has 0 aromatic carbocycles. The summed E-state index contributed by atoms with van der Waals surface area (Å²) in [5, 5.41) is 21.9. The molecule has 1 amide bonds. The van der Waals surface area contributed by atoms with Crippen molar-refractivity contribution in [1.82, 2.24) is 20.2 Å². The van der Waals surface area contributed by atoms with Crippen LogP contribution < -0.4 is 10.2 Å². The summed E-state index contributed by atoms with van der Waals surface area (Å²) in [6.45, 7) is 4.21. The highest BCUT2D eigenvalue weighted by molar-refractivity contribution is 6.28. The number of hydrogen-bond acceptors (Lipinski definition) is 6. The summed E-state index contributed by atoms with van der Waals surface area (Å²) in [7, 11) is 0. The third-order valence-electron chi connectivity index (χ3n) is 4.57. The van der Waals surface area contributed by atoms with Gasteiger partial charge >= 0.3 is 6.09 Å². The number of carboxylic acid groups (broad SMARTS) is 1. The number of nitriles is 1. The first-order valence-electron chi connectivity index (χ1n) is 7.90. The molecule has 0 saturated carbocycles. The van der Waals surface area contributed by atoms with Crippen molar-refractivity contribution in [3.8, 4) is 6.07 Å². The van der Waals surface area contributed by atoms with E-state index in [1.165, 1.54) is 4.90 Å². The average Bonchev–Trinajstić information content (AvgIpc) is 2.55. The summed E-state index contributed by atoms with van der Waals surface area (Å²) < 4.78 is 0. The molecule has 2 N–H and O–H groups in total. The van der Waals surface area contributed by atoms with Gasteiger partial charge in [0, 0.05) is 31.2 Å². The Labute approximate surface area is 145 Å². The highest BCUT2D eigenvalue weighted by Crippen LogP contribution is 2.30. The van der Waals surface area contributed by atoms with Crippen molar-refractivity contribution in [3.63, 3.8) is 0 Å². The summed E-state index contributed by atoms with van der Waals surface area (Å²) in [6.07, 6.45) is -0.0389. The second-order valence-corrected chi connectivity index (χ2v) is 6.46. The molecule has 0 bridgehead atoms. The topological polar surface area (TPSA) is 105 Å². The molecule has 1 aromatic heterocycles. The van der Waals surface area contributed by atoms with Gasteiger partial charge in [-0.25, -0.2) is 14.8 Å². The van der Waals surface area contributed by atoms with Gasteiger partial charge < -0.3 is 20.2 Å². The number of fused-ring (bicyclic) bond motifs is 1. The summed E-state index contributed by atoms with van der Waals surface area (Å²) in [5.74, 6) is 0.770. The molecular formula is C15H19ClN6O2. The number of aromatic nitrogens is 2. The van der Waals surface area contributed by atoms with Gasteiger partial charge in [0.05, 0.1) is 24.2 Å². The predicted octanol–water partition coefficient (Wildman–Crippen LogP) is 1.25. The van der Waals surface area contributed by atoms with Gasteiger partial charge in [-0.15, -0.1) is 0 Å². The van der Waals surface area contributed by atoms with Crippen molar-refractivity contribution in [2.24, 2.45) is 0 Å². The van der Waals surface area contributed by atoms with E-state index < -0.39 is 6.09 Å². The number of halogens is 1. The second-order valence-electron chi connectivity index (χ2n) is 6.12. The fourth-order valence-corrected chi connectivity index (χ4v) is 3.58. The maximum atomic E-state index is 11.5. The number of rotatable bonds is 2. The molecule has 3 rings (SSSR count). The maximum absolute atomic E-state index is 11.5. The minimum Gasteiger partial charge on any atom is -0.465 e. The Hall–Kier alpha value is -2.11. The van der Waals surface area contributed by atoms with E-state index in [9.17, 15) is 9.90 Å². The first kappa shape index (κ1) is 16.7. The van der Waals surface area contributed by atoms with Gasteiger partial charge in [-0.05, 0) is 31.5 Å². The van der Waals surface area contributed by atoms with Gasteiger partial charge in [0.15, 0.2) is 0 Å². The molecule has 24 heavy (non-hydrogen) atoms. The molecule has 3 heterocycles. The van der Waals surface area contributed by atoms with Crippen LogP contribution in [0.5, 0.6) is 0 Å². The Morgan fingerprint density at radius 1 is 1.50 bits per heavy atom. The van der Waals surface area contributed by atoms with Crippen LogP contribution in [0.4, 0.5) is 10.6 Å². The second kappa shape index (κ2) is 6.79. The Balaban J connectivity index is 1.96. The number of piperazine rings is 1. The molecule has 1 saturated heterocycles. The molecule has 128 valence electrons. The van der Waals surface area contributed by atoms with Crippen molar-refractivity contribution in [1.29, 1.82) is 5.26 Å². The van der Waals surface area contributed by atoms with Crippen LogP contribution in [0.3, 0.4) is 0 Å². The van der Waals surface area contributed by atoms with Crippen LogP contribution in [0.15, 0.2) is 0 Å². The zero-order chi connectivity index (χ0) is 17.3. The molecule has 1 unspecified atom stereocenters. The summed E-state index contributed by atoms with van der Waals surface area (Å²) in [6, 6.07) is 1.65. The molecule has 1 aromatic rings. The Kier molecular flexibility index (Phi) is 4.73. The van der Waals surface area contributed by atoms with Gasteiger partial charge in [0.25, 0.3) is 0 Å². The fourth-order valence-electron chi connectivity index (χ4n) is 3.40. The summed E-state index contributed by atoms with van der Waals surface area (Å²) in [5.41, 5.74) is 1.95. The lowest BCUT2D eigenvalue weighted by atomic mass is 10.0. The average molecular weight is 351 g/mol. The van der Waals surface area contributed by atoms with Crippen LogP contribution in [-0.4, -0.2) is 57.8 Å². The zero-order valence-electron chi connectivity index (χ0n) is 13.4. The van der Waals surface area contributed by atoms with Crippen molar-refractivity contribution in [3.05, 3.63) is 16.5 Å². The van der Waals surface area contributed by atoms with Gasteiger partial charge in [-0.3, -0.25) is 0 Å². The van der Waals surface area contributed by atoms with Gasteiger partial charge in [0.2, 0.25) is 5.28 Å². The van der Waals surface area contributed by atoms with Gasteiger partial charge in [-0.2, -0.15) is 5.26 Å². The normalized spacial score (nSPS) is 23.5. The quantitative estimate of drug-likeness (QED) is 0.773. The highest BCUT2D eigenvalue weighted by Gasteiger charge is 2.36. The van der Waals surface area contributed by atoms with Crippen LogP contribution in [0.25, 0.3) is 0 Å². The van der Waals surface area contributed by atoms with Crippen LogP contribution in [-0.2, 0) is 13.0 Å². The lowest BCUT2D eigenvalue weighted by Crippen LogP contribution is -2.59. The first-order chi connectivity index (χ1) is 11.5. The molecule has 2 aliphatic rings. The molecule has 2 atom stereocenters. The standard InChI is InChI=1S/C15H19ClN6O2/c1-9-7-22(15(23)24)10(2-4-17)8-21(9)13-11-3-5-18-6-12(11)19-14(16)20-13/h9-10,18H,2-3,5-8H2,1H3,(H,23,24)/t9?,10-/m0/s1. The minimum absolute atomic E-state index is 0.0546. The van der Waals surface area contributed by atoms with E-state index >= 15 is 0 Å². The van der Waals surface area contributed by atoms with Crippen molar-refractivity contribution >= 4 is 23.5 Å². The molecule has 2 aliphatic heterocycles. The van der Waals surface area contributed by atoms with E-state index in [4.69, 9.17) is 16.9 Å². The largest absolute Gasteiger partial charge is 0.465 e. The Morgan fingerprint density at radius 2 is 2.29 bits per heavy atom. The van der Waals surface area contributed by atoms with Gasteiger partial charge in [0.1, 0.15) is 5.82 Å². The zero-order valence-corrected chi connectivity index (χ0v) is 14.1. The maximum Gasteiger partial charge on any atom is 0.407 e. The lowest BCUT2D eigenvalue weighted by molar-refractivity contribution is 0.110. The third-order valence-corrected chi connectivity index (χ3v) is 4.74. The van der Waals surface area contributed by atoms with E-state index in [0.717, 1.165) is 30.0 Å². The third kappa shape index (κ3) is 3.09.